The highest BCUT2D eigenvalue weighted by atomic mass is 32.1. The van der Waals surface area contributed by atoms with Gasteiger partial charge in [0.15, 0.2) is 5.13 Å². The lowest BCUT2D eigenvalue weighted by Crippen LogP contribution is -3.05. The van der Waals surface area contributed by atoms with Gasteiger partial charge in [-0.1, -0.05) is 30.3 Å². The van der Waals surface area contributed by atoms with Crippen LogP contribution in [0.4, 0.5) is 5.13 Å². The van der Waals surface area contributed by atoms with Crippen LogP contribution in [0.15, 0.2) is 30.3 Å². The molecule has 2 N–H and O–H groups in total. The van der Waals surface area contributed by atoms with Crippen LogP contribution < -0.4 is 10.2 Å². The number of aryl methyl sites for hydroxylation is 2. The largest absolute Gasteiger partial charge is 0.340 e. The first-order valence-corrected chi connectivity index (χ1v) is 11.0. The smallest absolute Gasteiger partial charge is 0.245 e. The van der Waals surface area contributed by atoms with E-state index >= 15 is 0 Å². The molecule has 0 unspecified atom stereocenters. The first-order valence-electron chi connectivity index (χ1n) is 10.2. The van der Waals surface area contributed by atoms with Crippen molar-refractivity contribution >= 4 is 28.3 Å². The second-order valence-corrected chi connectivity index (χ2v) is 9.34. The molecule has 6 nitrogen and oxygen atoms in total. The SMILES string of the molecule is Cc1nc(NC(=O)CN(CCC[NH+](C)C)C(=O)[C@H]2C[C@H]2c2ccccc2)sc1C. The summed E-state index contributed by atoms with van der Waals surface area (Å²) in [6.45, 7) is 5.56. The van der Waals surface area contributed by atoms with Crippen LogP contribution in [0, 0.1) is 19.8 Å². The fraction of sp³-hybridized carbons (Fsp3) is 0.500. The molecule has 7 heteroatoms. The number of carbonyl (C=O) groups is 2. The van der Waals surface area contributed by atoms with Crippen LogP contribution in [0.2, 0.25) is 0 Å². The molecule has 2 atom stereocenters. The Morgan fingerprint density at radius 1 is 1.24 bits per heavy atom. The van der Waals surface area contributed by atoms with Crippen LogP contribution >= 0.6 is 11.3 Å². The summed E-state index contributed by atoms with van der Waals surface area (Å²) in [5.74, 6) is 0.176. The van der Waals surface area contributed by atoms with Crippen molar-refractivity contribution in [3.8, 4) is 0 Å². The van der Waals surface area contributed by atoms with Gasteiger partial charge in [0.25, 0.3) is 0 Å². The van der Waals surface area contributed by atoms with Gasteiger partial charge in [0.1, 0.15) is 0 Å². The Labute approximate surface area is 176 Å². The highest BCUT2D eigenvalue weighted by Crippen LogP contribution is 2.48. The molecule has 3 rings (SSSR count). The van der Waals surface area contributed by atoms with E-state index in [0.717, 1.165) is 30.0 Å². The van der Waals surface area contributed by atoms with E-state index in [9.17, 15) is 9.59 Å². The Hall–Kier alpha value is -2.25. The van der Waals surface area contributed by atoms with Crippen molar-refractivity contribution in [1.82, 2.24) is 9.88 Å². The monoisotopic (exact) mass is 415 g/mol. The molecule has 1 saturated carbocycles. The van der Waals surface area contributed by atoms with E-state index in [-0.39, 0.29) is 30.2 Å². The Morgan fingerprint density at radius 2 is 1.97 bits per heavy atom. The van der Waals surface area contributed by atoms with E-state index in [1.807, 2.05) is 32.0 Å². The minimum Gasteiger partial charge on any atom is -0.340 e. The van der Waals surface area contributed by atoms with Crippen molar-refractivity contribution in [1.29, 1.82) is 0 Å². The van der Waals surface area contributed by atoms with E-state index in [0.29, 0.717) is 11.7 Å². The van der Waals surface area contributed by atoms with E-state index in [1.54, 1.807) is 4.90 Å². The second kappa shape index (κ2) is 9.50. The van der Waals surface area contributed by atoms with Crippen LogP contribution in [0.5, 0.6) is 0 Å². The van der Waals surface area contributed by atoms with E-state index < -0.39 is 0 Å². The highest BCUT2D eigenvalue weighted by molar-refractivity contribution is 7.15. The van der Waals surface area contributed by atoms with Crippen molar-refractivity contribution in [2.45, 2.75) is 32.6 Å². The lowest BCUT2D eigenvalue weighted by Gasteiger charge is -2.22. The van der Waals surface area contributed by atoms with Crippen LogP contribution in [-0.2, 0) is 9.59 Å². The van der Waals surface area contributed by atoms with Gasteiger partial charge in [-0.25, -0.2) is 4.98 Å². The quantitative estimate of drug-likeness (QED) is 0.657. The average molecular weight is 416 g/mol. The van der Waals surface area contributed by atoms with Gasteiger partial charge in [-0.3, -0.25) is 9.59 Å². The third-order valence-corrected chi connectivity index (χ3v) is 6.35. The molecule has 1 aliphatic rings. The van der Waals surface area contributed by atoms with Crippen LogP contribution in [-0.4, -0.2) is 55.4 Å². The normalized spacial score (nSPS) is 18.0. The highest BCUT2D eigenvalue weighted by Gasteiger charge is 2.45. The minimum atomic E-state index is -0.179. The molecule has 156 valence electrons. The Balaban J connectivity index is 1.62. The molecular weight excluding hydrogens is 384 g/mol. The van der Waals surface area contributed by atoms with Gasteiger partial charge >= 0.3 is 0 Å². The van der Waals surface area contributed by atoms with Crippen LogP contribution in [0.25, 0.3) is 0 Å². The first-order chi connectivity index (χ1) is 13.8. The third kappa shape index (κ3) is 5.87. The summed E-state index contributed by atoms with van der Waals surface area (Å²) in [6, 6.07) is 10.2. The maximum absolute atomic E-state index is 13.1. The number of hydrogen-bond acceptors (Lipinski definition) is 4. The zero-order valence-corrected chi connectivity index (χ0v) is 18.5. The third-order valence-electron chi connectivity index (χ3n) is 5.36. The number of carbonyl (C=O) groups excluding carboxylic acids is 2. The molecule has 1 heterocycles. The summed E-state index contributed by atoms with van der Waals surface area (Å²) >= 11 is 1.47. The predicted octanol–water partition coefficient (Wildman–Crippen LogP) is 1.87. The Kier molecular flexibility index (Phi) is 7.03. The summed E-state index contributed by atoms with van der Waals surface area (Å²) in [7, 11) is 4.19. The lowest BCUT2D eigenvalue weighted by atomic mass is 10.1. The average Bonchev–Trinajstić information content (AvgIpc) is 3.41. The van der Waals surface area contributed by atoms with Crippen molar-refractivity contribution in [2.24, 2.45) is 5.92 Å². The molecule has 0 aliphatic heterocycles. The van der Waals surface area contributed by atoms with Crippen LogP contribution in [0.3, 0.4) is 0 Å². The standard InChI is InChI=1S/C22H30N4O2S/c1-15-16(2)29-22(23-15)24-20(27)14-26(12-8-11-25(3)4)21(28)19-13-18(19)17-9-6-5-7-10-17/h5-7,9-10,18-19H,8,11-14H2,1-4H3,(H,23,24,27)/p+1/t18-,19-/m0/s1. The van der Waals surface area contributed by atoms with Crippen molar-refractivity contribution < 1.29 is 14.5 Å². The maximum atomic E-state index is 13.1. The van der Waals surface area contributed by atoms with Gasteiger partial charge in [0.2, 0.25) is 11.8 Å². The maximum Gasteiger partial charge on any atom is 0.245 e. The molecule has 0 spiro atoms. The van der Waals surface area contributed by atoms with E-state index in [4.69, 9.17) is 0 Å². The van der Waals surface area contributed by atoms with Gasteiger partial charge in [0.05, 0.1) is 32.9 Å². The molecule has 1 fully saturated rings. The lowest BCUT2D eigenvalue weighted by molar-refractivity contribution is -0.858. The van der Waals surface area contributed by atoms with Gasteiger partial charge in [-0.15, -0.1) is 11.3 Å². The zero-order valence-electron chi connectivity index (χ0n) is 17.7. The fourth-order valence-corrected chi connectivity index (χ4v) is 4.35. The molecule has 1 aromatic heterocycles. The first kappa shape index (κ1) is 21.5. The molecule has 0 saturated heterocycles. The molecule has 1 aromatic carbocycles. The summed E-state index contributed by atoms with van der Waals surface area (Å²) in [5, 5.41) is 3.46. The molecular formula is C22H31N4O2S+. The van der Waals surface area contributed by atoms with E-state index in [2.05, 4.69) is 36.5 Å². The number of quaternary nitrogens is 1. The predicted molar refractivity (Wildman–Crippen MR) is 116 cm³/mol. The molecule has 2 amide bonds. The minimum absolute atomic E-state index is 0.0127. The number of benzene rings is 1. The van der Waals surface area contributed by atoms with Crippen LogP contribution in [0.1, 0.15) is 34.9 Å². The van der Waals surface area contributed by atoms with Crippen molar-refractivity contribution in [3.63, 3.8) is 0 Å². The van der Waals surface area contributed by atoms with E-state index in [1.165, 1.54) is 21.8 Å². The van der Waals surface area contributed by atoms with Gasteiger partial charge in [0, 0.05) is 23.8 Å². The molecule has 29 heavy (non-hydrogen) atoms. The molecule has 2 aromatic rings. The number of anilines is 1. The molecule has 1 aliphatic carbocycles. The molecule has 0 bridgehead atoms. The van der Waals surface area contributed by atoms with Gasteiger partial charge in [-0.2, -0.15) is 0 Å². The number of aromatic nitrogens is 1. The van der Waals surface area contributed by atoms with Gasteiger partial charge < -0.3 is 15.1 Å². The van der Waals surface area contributed by atoms with Gasteiger partial charge in [-0.05, 0) is 31.7 Å². The van der Waals surface area contributed by atoms with Crippen molar-refractivity contribution in [3.05, 3.63) is 46.5 Å². The number of hydrogen-bond donors (Lipinski definition) is 2. The number of nitrogens with one attached hydrogen (secondary N) is 2. The topological polar surface area (TPSA) is 66.7 Å². The number of thiazole rings is 1. The fourth-order valence-electron chi connectivity index (χ4n) is 3.52. The summed E-state index contributed by atoms with van der Waals surface area (Å²) < 4.78 is 0. The second-order valence-electron chi connectivity index (χ2n) is 8.14. The molecule has 0 radical (unpaired) electrons. The zero-order chi connectivity index (χ0) is 21.0. The Bertz CT molecular complexity index is 830. The summed E-state index contributed by atoms with van der Waals surface area (Å²) in [5.41, 5.74) is 2.14. The number of amides is 2. The number of nitrogens with zero attached hydrogens (tertiary/aromatic N) is 2. The van der Waals surface area contributed by atoms with Crippen molar-refractivity contribution in [2.75, 3.05) is 39.0 Å². The Morgan fingerprint density at radius 3 is 2.59 bits per heavy atom. The summed E-state index contributed by atoms with van der Waals surface area (Å²) in [6.07, 6.45) is 1.74. The summed E-state index contributed by atoms with van der Waals surface area (Å²) in [4.78, 5) is 34.3. The number of rotatable bonds is 9.